The summed E-state index contributed by atoms with van der Waals surface area (Å²) in [7, 11) is -1.84. The van der Waals surface area contributed by atoms with E-state index in [1.165, 1.54) is 0 Å². The van der Waals surface area contributed by atoms with Crippen LogP contribution >= 0.6 is 0 Å². The summed E-state index contributed by atoms with van der Waals surface area (Å²) in [5, 5.41) is 0.175. The molecule has 24 heavy (non-hydrogen) atoms. The van der Waals surface area contributed by atoms with Crippen LogP contribution < -0.4 is 4.74 Å². The Hall–Kier alpha value is -1.65. The van der Waals surface area contributed by atoms with Gasteiger partial charge in [0.15, 0.2) is 8.32 Å². The van der Waals surface area contributed by atoms with Crippen LogP contribution in [-0.2, 0) is 11.0 Å². The Morgan fingerprint density at radius 3 is 2.38 bits per heavy atom. The lowest BCUT2D eigenvalue weighted by Crippen LogP contribution is -2.41. The van der Waals surface area contributed by atoms with Crippen LogP contribution in [0.1, 0.15) is 44.9 Å². The van der Waals surface area contributed by atoms with E-state index in [9.17, 15) is 0 Å². The highest BCUT2D eigenvalue weighted by molar-refractivity contribution is 6.74. The van der Waals surface area contributed by atoms with Gasteiger partial charge in [-0.05, 0) is 36.7 Å². The number of pyridine rings is 1. The summed E-state index contributed by atoms with van der Waals surface area (Å²) in [6.07, 6.45) is 3.59. The molecule has 1 atom stereocenters. The van der Waals surface area contributed by atoms with Crippen molar-refractivity contribution in [1.82, 2.24) is 4.98 Å². The molecule has 0 N–H and O–H groups in total. The molecular formula is C20H29NO2Si. The van der Waals surface area contributed by atoms with Crippen molar-refractivity contribution in [3.05, 3.63) is 59.9 Å². The Morgan fingerprint density at radius 2 is 1.75 bits per heavy atom. The summed E-state index contributed by atoms with van der Waals surface area (Å²) in [5.41, 5.74) is 2.16. The van der Waals surface area contributed by atoms with Crippen LogP contribution in [0.4, 0.5) is 0 Å². The zero-order chi connectivity index (χ0) is 17.8. The third-order valence-corrected chi connectivity index (χ3v) is 9.32. The Kier molecular flexibility index (Phi) is 5.83. The minimum absolute atomic E-state index is 0.0367. The van der Waals surface area contributed by atoms with Crippen LogP contribution in [0, 0.1) is 0 Å². The molecule has 1 aromatic heterocycles. The van der Waals surface area contributed by atoms with Gasteiger partial charge >= 0.3 is 0 Å². The van der Waals surface area contributed by atoms with Gasteiger partial charge in [0.2, 0.25) is 0 Å². The number of rotatable bonds is 6. The van der Waals surface area contributed by atoms with E-state index in [1.807, 2.05) is 30.5 Å². The molecule has 0 saturated carbocycles. The summed E-state index contributed by atoms with van der Waals surface area (Å²) < 4.78 is 12.5. The molecule has 1 aromatic carbocycles. The number of aromatic nitrogens is 1. The van der Waals surface area contributed by atoms with E-state index in [0.29, 0.717) is 6.61 Å². The van der Waals surface area contributed by atoms with Crippen molar-refractivity contribution in [2.45, 2.75) is 58.5 Å². The van der Waals surface area contributed by atoms with Gasteiger partial charge in [-0.2, -0.15) is 0 Å². The molecule has 0 spiro atoms. The predicted molar refractivity (Wildman–Crippen MR) is 102 cm³/mol. The van der Waals surface area contributed by atoms with E-state index >= 15 is 0 Å². The van der Waals surface area contributed by atoms with Gasteiger partial charge in [-0.1, -0.05) is 51.1 Å². The van der Waals surface area contributed by atoms with E-state index in [-0.39, 0.29) is 11.1 Å². The monoisotopic (exact) mass is 343 g/mol. The van der Waals surface area contributed by atoms with Gasteiger partial charge in [-0.3, -0.25) is 4.98 Å². The molecule has 130 valence electrons. The van der Waals surface area contributed by atoms with Crippen LogP contribution in [0.15, 0.2) is 48.8 Å². The smallest absolute Gasteiger partial charge is 0.192 e. The first-order valence-electron chi connectivity index (χ1n) is 8.49. The molecule has 0 saturated heterocycles. The van der Waals surface area contributed by atoms with Crippen molar-refractivity contribution < 1.29 is 9.16 Å². The molecular weight excluding hydrogens is 314 g/mol. The summed E-state index contributed by atoms with van der Waals surface area (Å²) >= 11 is 0. The van der Waals surface area contributed by atoms with Crippen molar-refractivity contribution in [1.29, 1.82) is 0 Å². The van der Waals surface area contributed by atoms with Crippen molar-refractivity contribution in [3.63, 3.8) is 0 Å². The van der Waals surface area contributed by atoms with Crippen LogP contribution in [0.5, 0.6) is 5.75 Å². The third kappa shape index (κ3) is 4.68. The van der Waals surface area contributed by atoms with Crippen molar-refractivity contribution in [2.75, 3.05) is 0 Å². The molecule has 0 radical (unpaired) electrons. The lowest BCUT2D eigenvalue weighted by Gasteiger charge is -2.38. The highest BCUT2D eigenvalue weighted by Crippen LogP contribution is 2.40. The van der Waals surface area contributed by atoms with Crippen LogP contribution in [0.3, 0.4) is 0 Å². The maximum Gasteiger partial charge on any atom is 0.192 e. The fourth-order valence-corrected chi connectivity index (χ4v) is 3.61. The molecule has 1 heterocycles. The Bertz CT molecular complexity index is 650. The molecule has 0 bridgehead atoms. The molecule has 0 aliphatic carbocycles. The first kappa shape index (κ1) is 18.7. The molecule has 3 nitrogen and oxygen atoms in total. The quantitative estimate of drug-likeness (QED) is 0.626. The van der Waals surface area contributed by atoms with Gasteiger partial charge < -0.3 is 9.16 Å². The first-order valence-corrected chi connectivity index (χ1v) is 11.4. The molecule has 4 heteroatoms. The predicted octanol–water partition coefficient (Wildman–Crippen LogP) is 5.74. The zero-order valence-electron chi connectivity index (χ0n) is 15.7. The van der Waals surface area contributed by atoms with Gasteiger partial charge in [-0.25, -0.2) is 0 Å². The van der Waals surface area contributed by atoms with Crippen molar-refractivity contribution in [2.24, 2.45) is 0 Å². The molecule has 0 aliphatic heterocycles. The van der Waals surface area contributed by atoms with Gasteiger partial charge in [-0.15, -0.1) is 0 Å². The van der Waals surface area contributed by atoms with Crippen LogP contribution in [-0.4, -0.2) is 13.3 Å². The Morgan fingerprint density at radius 1 is 1.08 bits per heavy atom. The second-order valence-corrected chi connectivity index (χ2v) is 12.5. The molecule has 2 aromatic rings. The van der Waals surface area contributed by atoms with E-state index < -0.39 is 8.32 Å². The molecule has 1 unspecified atom stereocenters. The average molecular weight is 344 g/mol. The van der Waals surface area contributed by atoms with Crippen molar-refractivity contribution in [3.8, 4) is 5.75 Å². The zero-order valence-corrected chi connectivity index (χ0v) is 16.7. The fourth-order valence-electron chi connectivity index (χ4n) is 2.25. The highest BCUT2D eigenvalue weighted by atomic mass is 28.4. The maximum atomic E-state index is 6.50. The normalized spacial score (nSPS) is 13.6. The maximum absolute atomic E-state index is 6.50. The summed E-state index contributed by atoms with van der Waals surface area (Å²) in [6, 6.07) is 12.1. The molecule has 2 rings (SSSR count). The fraction of sp³-hybridized carbons (Fsp3) is 0.450. The second-order valence-electron chi connectivity index (χ2n) is 7.71. The third-order valence-electron chi connectivity index (χ3n) is 4.76. The highest BCUT2D eigenvalue weighted by Gasteiger charge is 2.39. The van der Waals surface area contributed by atoms with Gasteiger partial charge in [0, 0.05) is 18.0 Å². The number of hydrogen-bond acceptors (Lipinski definition) is 3. The van der Waals surface area contributed by atoms with Gasteiger partial charge in [0.1, 0.15) is 12.4 Å². The van der Waals surface area contributed by atoms with Crippen LogP contribution in [0.2, 0.25) is 18.1 Å². The molecule has 0 fully saturated rings. The van der Waals surface area contributed by atoms with Crippen LogP contribution in [0.25, 0.3) is 0 Å². The first-order chi connectivity index (χ1) is 11.2. The summed E-state index contributed by atoms with van der Waals surface area (Å²) in [6.45, 7) is 13.9. The average Bonchev–Trinajstić information content (AvgIpc) is 2.52. The Balaban J connectivity index is 2.13. The number of hydrogen-bond donors (Lipinski definition) is 0. The minimum Gasteiger partial charge on any atom is -0.488 e. The van der Waals surface area contributed by atoms with Gasteiger partial charge in [0.05, 0.1) is 6.10 Å². The lowest BCUT2D eigenvalue weighted by molar-refractivity contribution is 0.193. The summed E-state index contributed by atoms with van der Waals surface area (Å²) in [4.78, 5) is 4.27. The van der Waals surface area contributed by atoms with E-state index in [1.54, 1.807) is 6.20 Å². The van der Waals surface area contributed by atoms with Gasteiger partial charge in [0.25, 0.3) is 0 Å². The Labute approximate surface area is 147 Å². The van der Waals surface area contributed by atoms with E-state index in [2.05, 4.69) is 57.9 Å². The van der Waals surface area contributed by atoms with E-state index in [4.69, 9.17) is 9.16 Å². The number of benzene rings is 1. The number of nitrogens with zero attached hydrogens (tertiary/aromatic N) is 1. The molecule has 0 amide bonds. The SMILES string of the molecule is CC(O[Si](C)(C)C(C)(C)C)c1cnccc1OCc1ccccc1. The largest absolute Gasteiger partial charge is 0.488 e. The molecule has 0 aliphatic rings. The topological polar surface area (TPSA) is 31.4 Å². The number of ether oxygens (including phenoxy) is 1. The van der Waals surface area contributed by atoms with E-state index in [0.717, 1.165) is 16.9 Å². The standard InChI is InChI=1S/C20H29NO2Si/c1-16(23-24(5,6)20(2,3)4)18-14-21-13-12-19(18)22-15-17-10-8-7-9-11-17/h7-14,16H,15H2,1-6H3. The second kappa shape index (κ2) is 7.49. The van der Waals surface area contributed by atoms with Crippen molar-refractivity contribution >= 4 is 8.32 Å². The minimum atomic E-state index is -1.84. The summed E-state index contributed by atoms with van der Waals surface area (Å²) in [5.74, 6) is 0.847. The lowest BCUT2D eigenvalue weighted by atomic mass is 10.1.